The fraction of sp³-hybridized carbons (Fsp3) is 1.00. The van der Waals surface area contributed by atoms with Crippen molar-refractivity contribution in [3.05, 3.63) is 0 Å². The van der Waals surface area contributed by atoms with Gasteiger partial charge in [-0.1, -0.05) is 13.8 Å². The van der Waals surface area contributed by atoms with Crippen LogP contribution >= 0.6 is 0 Å². The minimum Gasteiger partial charge on any atom is -0.390 e. The molecule has 0 heterocycles. The van der Waals surface area contributed by atoms with Gasteiger partial charge in [0.15, 0.2) is 0 Å². The van der Waals surface area contributed by atoms with E-state index < -0.39 is 24.8 Å². The van der Waals surface area contributed by atoms with Gasteiger partial charge in [0.1, 0.15) is 0 Å². The van der Waals surface area contributed by atoms with Crippen LogP contribution in [0.4, 0.5) is 13.2 Å². The smallest absolute Gasteiger partial charge is 0.389 e. The van der Waals surface area contributed by atoms with Crippen LogP contribution in [0.2, 0.25) is 0 Å². The van der Waals surface area contributed by atoms with Crippen LogP contribution in [0.5, 0.6) is 0 Å². The van der Waals surface area contributed by atoms with E-state index in [4.69, 9.17) is 4.74 Å². The standard InChI is InChI=1S/C10H19F3O2/c1-7(2)9(15-3)8(14)5-4-6-10(11,12)13/h7-9,14H,4-6H2,1-3H3. The van der Waals surface area contributed by atoms with Crippen molar-refractivity contribution in [1.29, 1.82) is 0 Å². The monoisotopic (exact) mass is 228 g/mol. The lowest BCUT2D eigenvalue weighted by molar-refractivity contribution is -0.137. The van der Waals surface area contributed by atoms with Crippen molar-refractivity contribution in [1.82, 2.24) is 0 Å². The molecule has 2 unspecified atom stereocenters. The molecule has 0 aromatic rings. The number of alkyl halides is 3. The summed E-state index contributed by atoms with van der Waals surface area (Å²) < 4.78 is 40.5. The maximum Gasteiger partial charge on any atom is 0.389 e. The molecule has 2 nitrogen and oxygen atoms in total. The average molecular weight is 228 g/mol. The summed E-state index contributed by atoms with van der Waals surface area (Å²) in [6.07, 6.45) is -6.14. The summed E-state index contributed by atoms with van der Waals surface area (Å²) in [5, 5.41) is 9.58. The summed E-state index contributed by atoms with van der Waals surface area (Å²) in [5.74, 6) is 0.0934. The number of aliphatic hydroxyl groups excluding tert-OH is 1. The quantitative estimate of drug-likeness (QED) is 0.757. The zero-order valence-corrected chi connectivity index (χ0v) is 9.34. The van der Waals surface area contributed by atoms with Crippen LogP contribution in [0.15, 0.2) is 0 Å². The van der Waals surface area contributed by atoms with E-state index in [1.807, 2.05) is 13.8 Å². The molecule has 0 aliphatic rings. The van der Waals surface area contributed by atoms with Crippen LogP contribution < -0.4 is 0 Å². The summed E-state index contributed by atoms with van der Waals surface area (Å²) >= 11 is 0. The van der Waals surface area contributed by atoms with Crippen LogP contribution in [0.1, 0.15) is 33.1 Å². The Labute approximate surface area is 88.4 Å². The van der Waals surface area contributed by atoms with E-state index in [0.717, 1.165) is 0 Å². The van der Waals surface area contributed by atoms with Gasteiger partial charge >= 0.3 is 6.18 Å². The Morgan fingerprint density at radius 3 is 2.13 bits per heavy atom. The number of halogens is 3. The predicted molar refractivity (Wildman–Crippen MR) is 51.5 cm³/mol. The number of rotatable bonds is 6. The molecular formula is C10H19F3O2. The Kier molecular flexibility index (Phi) is 6.20. The van der Waals surface area contributed by atoms with Crippen molar-refractivity contribution >= 4 is 0 Å². The van der Waals surface area contributed by atoms with Gasteiger partial charge in [-0.2, -0.15) is 13.2 Å². The van der Waals surface area contributed by atoms with Crippen LogP contribution in [0.25, 0.3) is 0 Å². The largest absolute Gasteiger partial charge is 0.390 e. The molecule has 0 fully saturated rings. The lowest BCUT2D eigenvalue weighted by Crippen LogP contribution is -2.33. The Bertz CT molecular complexity index is 169. The van der Waals surface area contributed by atoms with Crippen LogP contribution in [-0.2, 0) is 4.74 Å². The Morgan fingerprint density at radius 2 is 1.80 bits per heavy atom. The molecule has 5 heteroatoms. The maximum absolute atomic E-state index is 11.8. The molecule has 2 atom stereocenters. The highest BCUT2D eigenvalue weighted by Crippen LogP contribution is 2.24. The molecule has 0 rings (SSSR count). The lowest BCUT2D eigenvalue weighted by atomic mass is 9.97. The van der Waals surface area contributed by atoms with Crippen molar-refractivity contribution in [2.24, 2.45) is 5.92 Å². The third kappa shape index (κ3) is 6.73. The number of hydrogen-bond donors (Lipinski definition) is 1. The van der Waals surface area contributed by atoms with Crippen molar-refractivity contribution in [3.8, 4) is 0 Å². The first kappa shape index (κ1) is 14.7. The second kappa shape index (κ2) is 6.33. The first-order chi connectivity index (χ1) is 6.78. The first-order valence-electron chi connectivity index (χ1n) is 5.05. The van der Waals surface area contributed by atoms with Crippen molar-refractivity contribution in [2.45, 2.75) is 51.5 Å². The highest BCUT2D eigenvalue weighted by molar-refractivity contribution is 4.72. The van der Waals surface area contributed by atoms with Gasteiger partial charge < -0.3 is 9.84 Å². The van der Waals surface area contributed by atoms with Gasteiger partial charge in [0.25, 0.3) is 0 Å². The van der Waals surface area contributed by atoms with E-state index in [0.29, 0.717) is 0 Å². The third-order valence-electron chi connectivity index (χ3n) is 2.27. The molecule has 0 saturated heterocycles. The second-order valence-corrected chi connectivity index (χ2v) is 4.02. The van der Waals surface area contributed by atoms with Crippen molar-refractivity contribution in [3.63, 3.8) is 0 Å². The molecular weight excluding hydrogens is 209 g/mol. The van der Waals surface area contributed by atoms with E-state index >= 15 is 0 Å². The fourth-order valence-electron chi connectivity index (χ4n) is 1.55. The molecule has 0 aliphatic heterocycles. The molecule has 0 aromatic carbocycles. The second-order valence-electron chi connectivity index (χ2n) is 4.02. The molecule has 0 spiro atoms. The van der Waals surface area contributed by atoms with Gasteiger partial charge in [-0.05, 0) is 18.8 Å². The highest BCUT2D eigenvalue weighted by Gasteiger charge is 2.28. The minimum atomic E-state index is -4.14. The number of methoxy groups -OCH3 is 1. The van der Waals surface area contributed by atoms with E-state index in [2.05, 4.69) is 0 Å². The molecule has 1 N–H and O–H groups in total. The number of ether oxygens (including phenoxy) is 1. The molecule has 92 valence electrons. The van der Waals surface area contributed by atoms with E-state index in [9.17, 15) is 18.3 Å². The normalized spacial score (nSPS) is 16.8. The van der Waals surface area contributed by atoms with Gasteiger partial charge in [0.2, 0.25) is 0 Å². The molecule has 0 radical (unpaired) electrons. The topological polar surface area (TPSA) is 29.5 Å². The number of aliphatic hydroxyl groups is 1. The van der Waals surface area contributed by atoms with Crippen molar-refractivity contribution in [2.75, 3.05) is 7.11 Å². The summed E-state index contributed by atoms with van der Waals surface area (Å²) in [4.78, 5) is 0. The van der Waals surface area contributed by atoms with Gasteiger partial charge in [0.05, 0.1) is 12.2 Å². The molecule has 0 aliphatic carbocycles. The third-order valence-corrected chi connectivity index (χ3v) is 2.27. The maximum atomic E-state index is 11.8. The zero-order valence-electron chi connectivity index (χ0n) is 9.34. The average Bonchev–Trinajstić information content (AvgIpc) is 2.01. The zero-order chi connectivity index (χ0) is 12.1. The summed E-state index contributed by atoms with van der Waals surface area (Å²) in [7, 11) is 1.46. The lowest BCUT2D eigenvalue weighted by Gasteiger charge is -2.25. The van der Waals surface area contributed by atoms with Gasteiger partial charge in [0, 0.05) is 13.5 Å². The highest BCUT2D eigenvalue weighted by atomic mass is 19.4. The summed E-state index contributed by atoms with van der Waals surface area (Å²) in [6.45, 7) is 3.72. The molecule has 0 bridgehead atoms. The van der Waals surface area contributed by atoms with E-state index in [1.54, 1.807) is 0 Å². The Balaban J connectivity index is 3.86. The van der Waals surface area contributed by atoms with Gasteiger partial charge in [-0.25, -0.2) is 0 Å². The molecule has 0 amide bonds. The summed E-state index contributed by atoms with van der Waals surface area (Å²) in [5.41, 5.74) is 0. The van der Waals surface area contributed by atoms with E-state index in [1.165, 1.54) is 7.11 Å². The number of hydrogen-bond acceptors (Lipinski definition) is 2. The van der Waals surface area contributed by atoms with Crippen LogP contribution in [-0.4, -0.2) is 30.6 Å². The Morgan fingerprint density at radius 1 is 1.27 bits per heavy atom. The van der Waals surface area contributed by atoms with Crippen LogP contribution in [0.3, 0.4) is 0 Å². The first-order valence-corrected chi connectivity index (χ1v) is 5.05. The molecule has 0 saturated carbocycles. The molecule has 15 heavy (non-hydrogen) atoms. The summed E-state index contributed by atoms with van der Waals surface area (Å²) in [6, 6.07) is 0. The predicted octanol–water partition coefficient (Wildman–Crippen LogP) is 2.75. The fourth-order valence-corrected chi connectivity index (χ4v) is 1.55. The minimum absolute atomic E-state index is 0.0583. The van der Waals surface area contributed by atoms with E-state index in [-0.39, 0.29) is 18.8 Å². The van der Waals surface area contributed by atoms with Crippen molar-refractivity contribution < 1.29 is 23.0 Å². The van der Waals surface area contributed by atoms with Gasteiger partial charge in [-0.15, -0.1) is 0 Å². The van der Waals surface area contributed by atoms with Gasteiger partial charge in [-0.3, -0.25) is 0 Å². The van der Waals surface area contributed by atoms with Crippen LogP contribution in [0, 0.1) is 5.92 Å². The SMILES string of the molecule is COC(C(C)C)C(O)CCCC(F)(F)F. The Hall–Kier alpha value is -0.290. The molecule has 0 aromatic heterocycles.